The van der Waals surface area contributed by atoms with Gasteiger partial charge in [0, 0.05) is 6.54 Å². The molecule has 7 nitrogen and oxygen atoms in total. The van der Waals surface area contributed by atoms with Crippen LogP contribution < -0.4 is 4.72 Å². The third-order valence-electron chi connectivity index (χ3n) is 4.01. The average Bonchev–Trinajstić information content (AvgIpc) is 2.88. The van der Waals surface area contributed by atoms with Gasteiger partial charge in [-0.3, -0.25) is 0 Å². The van der Waals surface area contributed by atoms with Crippen LogP contribution in [0, 0.1) is 5.92 Å². The summed E-state index contributed by atoms with van der Waals surface area (Å²) in [6, 6.07) is 4.95. The lowest BCUT2D eigenvalue weighted by Gasteiger charge is -2.25. The fourth-order valence-electron chi connectivity index (χ4n) is 2.66. The van der Waals surface area contributed by atoms with Gasteiger partial charge in [-0.1, -0.05) is 19.1 Å². The van der Waals surface area contributed by atoms with E-state index in [1.165, 1.54) is 35.6 Å². The van der Waals surface area contributed by atoms with Gasteiger partial charge in [-0.25, -0.2) is 21.6 Å². The van der Waals surface area contributed by atoms with Crippen LogP contribution in [0.15, 0.2) is 34.1 Å². The van der Waals surface area contributed by atoms with E-state index in [1.54, 1.807) is 0 Å². The summed E-state index contributed by atoms with van der Waals surface area (Å²) in [6.45, 7) is 1.84. The minimum Gasteiger partial charge on any atom is -0.395 e. The van der Waals surface area contributed by atoms with Gasteiger partial charge in [0.15, 0.2) is 0 Å². The van der Waals surface area contributed by atoms with Crippen LogP contribution in [0.5, 0.6) is 0 Å². The Labute approximate surface area is 131 Å². The van der Waals surface area contributed by atoms with Crippen LogP contribution in [0.2, 0.25) is 0 Å². The quantitative estimate of drug-likeness (QED) is 0.779. The largest absolute Gasteiger partial charge is 0.395 e. The highest BCUT2D eigenvalue weighted by atomic mass is 32.2. The number of benzene rings is 1. The van der Waals surface area contributed by atoms with Crippen LogP contribution >= 0.6 is 0 Å². The molecule has 22 heavy (non-hydrogen) atoms. The summed E-state index contributed by atoms with van der Waals surface area (Å²) in [5.74, 6) is 0.0212. The fourth-order valence-corrected chi connectivity index (χ4v) is 5.92. The smallest absolute Gasteiger partial charge is 0.244 e. The van der Waals surface area contributed by atoms with E-state index in [1.807, 2.05) is 6.92 Å². The van der Waals surface area contributed by atoms with Crippen molar-refractivity contribution in [2.75, 3.05) is 20.2 Å². The monoisotopic (exact) mass is 348 g/mol. The number of aliphatic hydroxyl groups excluding tert-OH is 1. The summed E-state index contributed by atoms with van der Waals surface area (Å²) in [7, 11) is -6.67. The highest BCUT2D eigenvalue weighted by molar-refractivity contribution is 7.92. The van der Waals surface area contributed by atoms with Gasteiger partial charge in [-0.05, 0) is 31.5 Å². The zero-order chi connectivity index (χ0) is 16.5. The number of rotatable bonds is 5. The average molecular weight is 348 g/mol. The SMILES string of the molecule is CNS(=O)(=O)c1ccccc1S(=O)(=O)N1CC[C@H](C)[C@H]1CO. The molecule has 1 aromatic rings. The Morgan fingerprint density at radius 3 is 2.36 bits per heavy atom. The molecule has 1 aliphatic heterocycles. The lowest BCUT2D eigenvalue weighted by molar-refractivity contribution is 0.191. The normalized spacial score (nSPS) is 23.8. The van der Waals surface area contributed by atoms with E-state index in [9.17, 15) is 21.9 Å². The maximum Gasteiger partial charge on any atom is 0.244 e. The molecule has 0 bridgehead atoms. The Morgan fingerprint density at radius 1 is 1.23 bits per heavy atom. The fraction of sp³-hybridized carbons (Fsp3) is 0.538. The molecule has 0 saturated carbocycles. The van der Waals surface area contributed by atoms with Crippen molar-refractivity contribution in [3.63, 3.8) is 0 Å². The molecule has 0 amide bonds. The molecular weight excluding hydrogens is 328 g/mol. The minimum absolute atomic E-state index is 0.0212. The van der Waals surface area contributed by atoms with Crippen LogP contribution in [0.1, 0.15) is 13.3 Å². The third kappa shape index (κ3) is 2.91. The van der Waals surface area contributed by atoms with E-state index < -0.39 is 26.1 Å². The molecule has 124 valence electrons. The van der Waals surface area contributed by atoms with E-state index >= 15 is 0 Å². The number of nitrogens with one attached hydrogen (secondary N) is 1. The standard InChI is InChI=1S/C13H20N2O5S2/c1-10-7-8-15(11(10)9-16)22(19,20)13-6-4-3-5-12(13)21(17,18)14-2/h3-6,10-11,14,16H,7-9H2,1-2H3/t10-,11+/m0/s1. The number of nitrogens with zero attached hydrogens (tertiary/aromatic N) is 1. The van der Waals surface area contributed by atoms with E-state index in [4.69, 9.17) is 0 Å². The molecule has 1 fully saturated rings. The molecular formula is C13H20N2O5S2. The van der Waals surface area contributed by atoms with Crippen molar-refractivity contribution in [2.45, 2.75) is 29.2 Å². The predicted molar refractivity (Wildman–Crippen MR) is 81.2 cm³/mol. The van der Waals surface area contributed by atoms with Gasteiger partial charge >= 0.3 is 0 Å². The van der Waals surface area contributed by atoms with Crippen molar-refractivity contribution in [3.8, 4) is 0 Å². The van der Waals surface area contributed by atoms with Gasteiger partial charge in [-0.15, -0.1) is 0 Å². The van der Waals surface area contributed by atoms with Crippen LogP contribution in [0.25, 0.3) is 0 Å². The van der Waals surface area contributed by atoms with Gasteiger partial charge in [0.25, 0.3) is 0 Å². The second kappa shape index (κ2) is 6.25. The van der Waals surface area contributed by atoms with Crippen molar-refractivity contribution in [3.05, 3.63) is 24.3 Å². The molecule has 1 aliphatic rings. The number of aliphatic hydroxyl groups is 1. The molecule has 2 rings (SSSR count). The van der Waals surface area contributed by atoms with Crippen molar-refractivity contribution in [1.82, 2.24) is 9.03 Å². The highest BCUT2D eigenvalue weighted by Gasteiger charge is 2.40. The first-order chi connectivity index (χ1) is 10.3. The first-order valence-electron chi connectivity index (χ1n) is 6.91. The Bertz CT molecular complexity index is 745. The van der Waals surface area contributed by atoms with Crippen molar-refractivity contribution >= 4 is 20.0 Å². The summed E-state index contributed by atoms with van der Waals surface area (Å²) in [5.41, 5.74) is 0. The third-order valence-corrected chi connectivity index (χ3v) is 7.60. The number of hydrogen-bond donors (Lipinski definition) is 2. The van der Waals surface area contributed by atoms with Crippen molar-refractivity contribution in [2.24, 2.45) is 5.92 Å². The predicted octanol–water partition coefficient (Wildman–Crippen LogP) is -0.0139. The maximum absolute atomic E-state index is 12.9. The van der Waals surface area contributed by atoms with E-state index in [2.05, 4.69) is 4.72 Å². The van der Waals surface area contributed by atoms with Crippen LogP contribution in [0.4, 0.5) is 0 Å². The minimum atomic E-state index is -4.00. The topological polar surface area (TPSA) is 104 Å². The molecule has 0 spiro atoms. The Hall–Kier alpha value is -1.00. The van der Waals surface area contributed by atoms with Crippen LogP contribution in [-0.4, -0.2) is 52.5 Å². The zero-order valence-corrected chi connectivity index (χ0v) is 14.1. The maximum atomic E-state index is 12.9. The molecule has 1 aromatic carbocycles. The van der Waals surface area contributed by atoms with E-state index in [0.29, 0.717) is 6.42 Å². The summed E-state index contributed by atoms with van der Waals surface area (Å²) < 4.78 is 53.2. The first kappa shape index (κ1) is 17.4. The second-order valence-corrected chi connectivity index (χ2v) is 9.00. The van der Waals surface area contributed by atoms with Gasteiger partial charge in [0.05, 0.1) is 12.6 Å². The summed E-state index contributed by atoms with van der Waals surface area (Å²) in [5, 5.41) is 9.46. The molecule has 0 aromatic heterocycles. The first-order valence-corrected chi connectivity index (χ1v) is 9.83. The van der Waals surface area contributed by atoms with Crippen molar-refractivity contribution < 1.29 is 21.9 Å². The lowest BCUT2D eigenvalue weighted by atomic mass is 10.0. The molecule has 1 heterocycles. The summed E-state index contributed by atoms with van der Waals surface area (Å²) in [4.78, 5) is -0.550. The van der Waals surface area contributed by atoms with Gasteiger partial charge in [-0.2, -0.15) is 4.31 Å². The molecule has 2 N–H and O–H groups in total. The summed E-state index contributed by atoms with van der Waals surface area (Å²) >= 11 is 0. The number of hydrogen-bond acceptors (Lipinski definition) is 5. The van der Waals surface area contributed by atoms with Crippen LogP contribution in [-0.2, 0) is 20.0 Å². The van der Waals surface area contributed by atoms with Crippen molar-refractivity contribution in [1.29, 1.82) is 0 Å². The van der Waals surface area contributed by atoms with Gasteiger partial charge in [0.2, 0.25) is 20.0 Å². The molecule has 9 heteroatoms. The molecule has 1 saturated heterocycles. The Morgan fingerprint density at radius 2 is 1.82 bits per heavy atom. The van der Waals surface area contributed by atoms with Gasteiger partial charge in [0.1, 0.15) is 9.79 Å². The zero-order valence-electron chi connectivity index (χ0n) is 12.4. The highest BCUT2D eigenvalue weighted by Crippen LogP contribution is 2.32. The molecule has 0 radical (unpaired) electrons. The Kier molecular flexibility index (Phi) is 4.93. The summed E-state index contributed by atoms with van der Waals surface area (Å²) in [6.07, 6.45) is 0.630. The van der Waals surface area contributed by atoms with E-state index in [-0.39, 0.29) is 28.9 Å². The van der Waals surface area contributed by atoms with E-state index in [0.717, 1.165) is 0 Å². The molecule has 0 aliphatic carbocycles. The molecule has 2 atom stereocenters. The number of sulfonamides is 2. The second-order valence-electron chi connectivity index (χ2n) is 5.29. The molecule has 0 unspecified atom stereocenters. The van der Waals surface area contributed by atoms with Gasteiger partial charge < -0.3 is 5.11 Å². The lowest BCUT2D eigenvalue weighted by Crippen LogP contribution is -2.40. The van der Waals surface area contributed by atoms with Crippen LogP contribution in [0.3, 0.4) is 0 Å². The Balaban J connectivity index is 2.57.